The first-order valence-electron chi connectivity index (χ1n) is 13.1. The van der Waals surface area contributed by atoms with E-state index in [1.807, 2.05) is 97.9 Å². The lowest BCUT2D eigenvalue weighted by atomic mass is 9.93. The highest BCUT2D eigenvalue weighted by Gasteiger charge is 2.35. The molecule has 5 aromatic rings. The van der Waals surface area contributed by atoms with E-state index in [-0.39, 0.29) is 12.2 Å². The van der Waals surface area contributed by atoms with Gasteiger partial charge < -0.3 is 9.15 Å². The Bertz CT molecular complexity index is 1970. The van der Waals surface area contributed by atoms with Gasteiger partial charge in [-0.3, -0.25) is 9.36 Å². The van der Waals surface area contributed by atoms with Gasteiger partial charge in [-0.1, -0.05) is 94.0 Å². The number of benzene rings is 3. The van der Waals surface area contributed by atoms with Crippen LogP contribution in [0.5, 0.6) is 0 Å². The van der Waals surface area contributed by atoms with Gasteiger partial charge in [0, 0.05) is 21.7 Å². The van der Waals surface area contributed by atoms with Crippen molar-refractivity contribution in [3.8, 4) is 11.3 Å². The first-order valence-corrected chi connectivity index (χ1v) is 14.8. The lowest BCUT2D eigenvalue weighted by Crippen LogP contribution is -2.39. The smallest absolute Gasteiger partial charge is 0.338 e. The van der Waals surface area contributed by atoms with Crippen molar-refractivity contribution in [2.45, 2.75) is 19.9 Å². The molecule has 1 atom stereocenters. The number of carbonyl (C=O) groups excluding carboxylic acids is 1. The molecule has 0 aliphatic carbocycles. The van der Waals surface area contributed by atoms with Crippen molar-refractivity contribution in [3.63, 3.8) is 0 Å². The van der Waals surface area contributed by atoms with Crippen molar-refractivity contribution >= 4 is 45.0 Å². The second-order valence-electron chi connectivity index (χ2n) is 9.53. The number of carbonyl (C=O) groups is 1. The zero-order chi connectivity index (χ0) is 28.5. The van der Waals surface area contributed by atoms with Crippen LogP contribution in [0.4, 0.5) is 0 Å². The van der Waals surface area contributed by atoms with Crippen molar-refractivity contribution in [2.75, 3.05) is 6.61 Å². The van der Waals surface area contributed by atoms with Crippen LogP contribution >= 0.6 is 27.3 Å². The van der Waals surface area contributed by atoms with Crippen LogP contribution in [-0.2, 0) is 9.53 Å². The number of esters is 1. The summed E-state index contributed by atoms with van der Waals surface area (Å²) in [5.74, 6) is 0.730. The van der Waals surface area contributed by atoms with Crippen molar-refractivity contribution in [3.05, 3.63) is 143 Å². The Hall–Kier alpha value is -4.27. The molecule has 204 valence electrons. The van der Waals surface area contributed by atoms with Crippen molar-refractivity contribution in [2.24, 2.45) is 4.99 Å². The van der Waals surface area contributed by atoms with E-state index >= 15 is 0 Å². The second kappa shape index (κ2) is 11.3. The maximum atomic E-state index is 14.0. The monoisotopic (exact) mass is 624 g/mol. The van der Waals surface area contributed by atoms with Crippen LogP contribution in [0.25, 0.3) is 23.1 Å². The fraction of sp³-hybridized carbons (Fsp3) is 0.121. The van der Waals surface area contributed by atoms with Crippen molar-refractivity contribution < 1.29 is 13.9 Å². The molecule has 0 N–H and O–H groups in total. The predicted octanol–water partition coefficient (Wildman–Crippen LogP) is 6.27. The molecule has 3 heterocycles. The van der Waals surface area contributed by atoms with Gasteiger partial charge >= 0.3 is 5.97 Å². The lowest BCUT2D eigenvalue weighted by Gasteiger charge is -2.25. The SMILES string of the molecule is CCOC(=O)C1=C(c2ccccc2)N=c2s/c(=C\c3ccc(-c4ccc(C)cc4Br)o3)c(=O)n2[C@@H]1c1ccccc1. The molecule has 1 aliphatic rings. The molecule has 41 heavy (non-hydrogen) atoms. The molecule has 0 fully saturated rings. The van der Waals surface area contributed by atoms with Gasteiger partial charge in [0.15, 0.2) is 4.80 Å². The zero-order valence-corrected chi connectivity index (χ0v) is 24.7. The molecule has 1 aliphatic heterocycles. The highest BCUT2D eigenvalue weighted by atomic mass is 79.9. The molecule has 0 spiro atoms. The Kier molecular flexibility index (Phi) is 7.43. The fourth-order valence-electron chi connectivity index (χ4n) is 4.92. The third kappa shape index (κ3) is 5.16. The number of aryl methyl sites for hydroxylation is 1. The number of nitrogens with zero attached hydrogens (tertiary/aromatic N) is 2. The van der Waals surface area contributed by atoms with Gasteiger partial charge in [-0.15, -0.1) is 0 Å². The number of hydrogen-bond acceptors (Lipinski definition) is 6. The van der Waals surface area contributed by atoms with E-state index < -0.39 is 12.0 Å². The van der Waals surface area contributed by atoms with E-state index in [1.165, 1.54) is 11.3 Å². The summed E-state index contributed by atoms with van der Waals surface area (Å²) in [5, 5.41) is 0. The Labute approximate surface area is 248 Å². The number of aromatic nitrogens is 1. The largest absolute Gasteiger partial charge is 0.463 e. The highest BCUT2D eigenvalue weighted by Crippen LogP contribution is 2.35. The van der Waals surface area contributed by atoms with Crippen LogP contribution in [-0.4, -0.2) is 17.1 Å². The molecule has 0 unspecified atom stereocenters. The number of thiazole rings is 1. The number of ether oxygens (including phenoxy) is 1. The molecule has 0 radical (unpaired) electrons. The predicted molar refractivity (Wildman–Crippen MR) is 164 cm³/mol. The van der Waals surface area contributed by atoms with E-state index in [9.17, 15) is 9.59 Å². The van der Waals surface area contributed by atoms with Crippen molar-refractivity contribution in [1.82, 2.24) is 4.57 Å². The maximum Gasteiger partial charge on any atom is 0.338 e. The molecule has 2 aromatic heterocycles. The Morgan fingerprint density at radius 3 is 2.49 bits per heavy atom. The van der Waals surface area contributed by atoms with Gasteiger partial charge in [0.25, 0.3) is 5.56 Å². The Balaban J connectivity index is 1.55. The molecule has 6 rings (SSSR count). The molecule has 0 amide bonds. The number of furan rings is 1. The third-order valence-corrected chi connectivity index (χ3v) is 8.42. The summed E-state index contributed by atoms with van der Waals surface area (Å²) >= 11 is 4.88. The topological polar surface area (TPSA) is 73.8 Å². The quantitative estimate of drug-likeness (QED) is 0.209. The van der Waals surface area contributed by atoms with E-state index in [2.05, 4.69) is 15.9 Å². The summed E-state index contributed by atoms with van der Waals surface area (Å²) in [7, 11) is 0. The standard InChI is InChI=1S/C33H25BrN2O4S/c1-3-39-32(38)28-29(21-10-6-4-7-11-21)35-33-36(30(28)22-12-8-5-9-13-22)31(37)27(41-33)19-23-15-17-26(40-23)24-16-14-20(2)18-25(24)34/h4-19,30H,3H2,1-2H3/b27-19-/t30-/m1/s1. The van der Waals surface area contributed by atoms with Crippen LogP contribution in [0.1, 0.15) is 35.4 Å². The zero-order valence-electron chi connectivity index (χ0n) is 22.3. The van der Waals surface area contributed by atoms with E-state index in [0.717, 1.165) is 26.7 Å². The molecular weight excluding hydrogens is 600 g/mol. The van der Waals surface area contributed by atoms with Crippen molar-refractivity contribution in [1.29, 1.82) is 0 Å². The molecule has 0 bridgehead atoms. The van der Waals surface area contributed by atoms with Gasteiger partial charge in [0.05, 0.1) is 28.5 Å². The minimum Gasteiger partial charge on any atom is -0.463 e. The summed E-state index contributed by atoms with van der Waals surface area (Å²) < 4.78 is 14.6. The average Bonchev–Trinajstić information content (AvgIpc) is 3.57. The minimum atomic E-state index is -0.709. The first-order chi connectivity index (χ1) is 19.9. The lowest BCUT2D eigenvalue weighted by molar-refractivity contribution is -0.138. The summed E-state index contributed by atoms with van der Waals surface area (Å²) in [6.07, 6.45) is 1.73. The van der Waals surface area contributed by atoms with Gasteiger partial charge in [-0.05, 0) is 49.2 Å². The summed E-state index contributed by atoms with van der Waals surface area (Å²) in [5.41, 5.74) is 4.18. The normalized spacial score (nSPS) is 15.0. The van der Waals surface area contributed by atoms with E-state index in [4.69, 9.17) is 14.1 Å². The molecular formula is C33H25BrN2O4S. The molecule has 0 saturated carbocycles. The number of hydrogen-bond donors (Lipinski definition) is 0. The van der Waals surface area contributed by atoms with Crippen LogP contribution in [0.2, 0.25) is 0 Å². The van der Waals surface area contributed by atoms with Crippen LogP contribution in [0.15, 0.2) is 115 Å². The second-order valence-corrected chi connectivity index (χ2v) is 11.4. The Morgan fingerprint density at radius 2 is 1.78 bits per heavy atom. The number of rotatable bonds is 6. The first kappa shape index (κ1) is 26.9. The van der Waals surface area contributed by atoms with Crippen LogP contribution in [0.3, 0.4) is 0 Å². The molecule has 8 heteroatoms. The highest BCUT2D eigenvalue weighted by molar-refractivity contribution is 9.10. The van der Waals surface area contributed by atoms with Crippen LogP contribution in [0, 0.1) is 6.92 Å². The number of halogens is 1. The van der Waals surface area contributed by atoms with Gasteiger partial charge in [-0.25, -0.2) is 9.79 Å². The molecule has 0 saturated heterocycles. The minimum absolute atomic E-state index is 0.203. The van der Waals surface area contributed by atoms with Gasteiger partial charge in [0.2, 0.25) is 0 Å². The van der Waals surface area contributed by atoms with Gasteiger partial charge in [0.1, 0.15) is 11.5 Å². The van der Waals surface area contributed by atoms with Gasteiger partial charge in [-0.2, -0.15) is 0 Å². The van der Waals surface area contributed by atoms with E-state index in [0.29, 0.717) is 32.1 Å². The third-order valence-electron chi connectivity index (χ3n) is 6.78. The molecule has 3 aromatic carbocycles. The van der Waals surface area contributed by atoms with E-state index in [1.54, 1.807) is 17.6 Å². The maximum absolute atomic E-state index is 14.0. The number of fused-ring (bicyclic) bond motifs is 1. The fourth-order valence-corrected chi connectivity index (χ4v) is 6.59. The Morgan fingerprint density at radius 1 is 1.05 bits per heavy atom. The molecule has 6 nitrogen and oxygen atoms in total. The average molecular weight is 626 g/mol. The van der Waals surface area contributed by atoms with Crippen LogP contribution < -0.4 is 14.9 Å². The summed E-state index contributed by atoms with van der Waals surface area (Å²) in [4.78, 5) is 32.9. The summed E-state index contributed by atoms with van der Waals surface area (Å²) in [6.45, 7) is 4.00. The summed E-state index contributed by atoms with van der Waals surface area (Å²) in [6, 6.07) is 28.1.